The molecule has 0 bridgehead atoms. The molecule has 5 rings (SSSR count). The Bertz CT molecular complexity index is 1450. The summed E-state index contributed by atoms with van der Waals surface area (Å²) >= 11 is 0. The van der Waals surface area contributed by atoms with E-state index in [0.717, 1.165) is 10.8 Å². The van der Waals surface area contributed by atoms with Crippen LogP contribution in [-0.4, -0.2) is 23.4 Å². The molecule has 1 atom stereocenters. The van der Waals surface area contributed by atoms with Crippen LogP contribution in [0.25, 0.3) is 16.5 Å². The number of Topliss-reactive ketones (excluding diaryl/α,β-unsaturated/α-hetero) is 1. The van der Waals surface area contributed by atoms with Gasteiger partial charge in [-0.2, -0.15) is 0 Å². The molecule has 1 aromatic heterocycles. The SMILES string of the molecule is CCOc1cccc(N2C(=O)C(=O)/C(=C(\O)c3ccc4ccccc4c3)C2c2ccc(C)o2)c1. The number of aliphatic hydroxyl groups is 1. The average molecular weight is 453 g/mol. The summed E-state index contributed by atoms with van der Waals surface area (Å²) in [5, 5.41) is 13.2. The Kier molecular flexibility index (Phi) is 5.42. The van der Waals surface area contributed by atoms with Crippen LogP contribution >= 0.6 is 0 Å². The number of benzene rings is 3. The number of hydrogen-bond acceptors (Lipinski definition) is 5. The molecule has 34 heavy (non-hydrogen) atoms. The molecule has 1 aliphatic rings. The number of carbonyl (C=O) groups excluding carboxylic acids is 2. The van der Waals surface area contributed by atoms with E-state index in [9.17, 15) is 14.7 Å². The number of nitrogens with zero attached hydrogens (tertiary/aromatic N) is 1. The highest BCUT2D eigenvalue weighted by Gasteiger charge is 2.48. The van der Waals surface area contributed by atoms with Gasteiger partial charge in [0.2, 0.25) is 0 Å². The molecule has 3 aromatic carbocycles. The third-order valence-electron chi connectivity index (χ3n) is 5.90. The maximum atomic E-state index is 13.3. The van der Waals surface area contributed by atoms with Crippen molar-refractivity contribution in [3.63, 3.8) is 0 Å². The van der Waals surface area contributed by atoms with E-state index in [1.165, 1.54) is 4.90 Å². The minimum atomic E-state index is -0.919. The molecular formula is C28H23NO5. The summed E-state index contributed by atoms with van der Waals surface area (Å²) < 4.78 is 11.4. The first-order valence-electron chi connectivity index (χ1n) is 11.1. The normalized spacial score (nSPS) is 17.5. The second-order valence-electron chi connectivity index (χ2n) is 8.11. The molecule has 4 aromatic rings. The summed E-state index contributed by atoms with van der Waals surface area (Å²) in [5.74, 6) is -0.158. The van der Waals surface area contributed by atoms with Gasteiger partial charge in [0, 0.05) is 17.3 Å². The Labute approximate surface area is 196 Å². The number of aliphatic hydroxyl groups excluding tert-OH is 1. The van der Waals surface area contributed by atoms with Crippen LogP contribution in [0.2, 0.25) is 0 Å². The second-order valence-corrected chi connectivity index (χ2v) is 8.11. The van der Waals surface area contributed by atoms with Crippen molar-refractivity contribution >= 4 is 33.9 Å². The van der Waals surface area contributed by atoms with E-state index >= 15 is 0 Å². The number of furan rings is 1. The zero-order valence-corrected chi connectivity index (χ0v) is 18.8. The number of ketones is 1. The molecular weight excluding hydrogens is 430 g/mol. The fourth-order valence-corrected chi connectivity index (χ4v) is 4.35. The molecule has 6 nitrogen and oxygen atoms in total. The molecule has 1 amide bonds. The van der Waals surface area contributed by atoms with Gasteiger partial charge in [0.15, 0.2) is 0 Å². The van der Waals surface area contributed by atoms with Crippen molar-refractivity contribution in [3.8, 4) is 5.75 Å². The molecule has 6 heteroatoms. The van der Waals surface area contributed by atoms with Crippen LogP contribution in [-0.2, 0) is 9.59 Å². The van der Waals surface area contributed by atoms with Crippen LogP contribution in [0.4, 0.5) is 5.69 Å². The summed E-state index contributed by atoms with van der Waals surface area (Å²) in [4.78, 5) is 27.9. The number of fused-ring (bicyclic) bond motifs is 1. The highest BCUT2D eigenvalue weighted by atomic mass is 16.5. The fourth-order valence-electron chi connectivity index (χ4n) is 4.35. The van der Waals surface area contributed by atoms with E-state index in [1.807, 2.05) is 37.3 Å². The van der Waals surface area contributed by atoms with E-state index in [2.05, 4.69) is 0 Å². The zero-order chi connectivity index (χ0) is 23.8. The maximum absolute atomic E-state index is 13.3. The van der Waals surface area contributed by atoms with Gasteiger partial charge in [0.25, 0.3) is 11.7 Å². The zero-order valence-electron chi connectivity index (χ0n) is 18.8. The Hall–Kier alpha value is -4.32. The lowest BCUT2D eigenvalue weighted by molar-refractivity contribution is -0.132. The van der Waals surface area contributed by atoms with Crippen LogP contribution in [0.15, 0.2) is 88.9 Å². The van der Waals surface area contributed by atoms with Crippen molar-refractivity contribution in [2.75, 3.05) is 11.5 Å². The minimum Gasteiger partial charge on any atom is -0.507 e. The van der Waals surface area contributed by atoms with Crippen molar-refractivity contribution in [2.45, 2.75) is 19.9 Å². The van der Waals surface area contributed by atoms with Gasteiger partial charge >= 0.3 is 0 Å². The van der Waals surface area contributed by atoms with Crippen molar-refractivity contribution in [3.05, 3.63) is 102 Å². The Morgan fingerprint density at radius 1 is 0.971 bits per heavy atom. The highest BCUT2D eigenvalue weighted by Crippen LogP contribution is 2.43. The Morgan fingerprint density at radius 2 is 1.76 bits per heavy atom. The van der Waals surface area contributed by atoms with Gasteiger partial charge in [-0.15, -0.1) is 0 Å². The van der Waals surface area contributed by atoms with Gasteiger partial charge in [-0.1, -0.05) is 42.5 Å². The molecule has 2 heterocycles. The standard InChI is InChI=1S/C28H23NO5/c1-3-33-22-10-6-9-21(16-22)29-25(23-14-11-17(2)34-23)24(27(31)28(29)32)26(30)20-13-12-18-7-4-5-8-19(18)15-20/h4-16,25,30H,3H2,1-2H3/b26-24-. The van der Waals surface area contributed by atoms with Crippen LogP contribution in [0.3, 0.4) is 0 Å². The number of hydrogen-bond donors (Lipinski definition) is 1. The van der Waals surface area contributed by atoms with Crippen LogP contribution in [0.1, 0.15) is 30.0 Å². The summed E-state index contributed by atoms with van der Waals surface area (Å²) in [6.45, 7) is 4.12. The van der Waals surface area contributed by atoms with E-state index in [4.69, 9.17) is 9.15 Å². The monoisotopic (exact) mass is 453 g/mol. The lowest BCUT2D eigenvalue weighted by Gasteiger charge is -2.24. The first-order valence-corrected chi connectivity index (χ1v) is 11.1. The van der Waals surface area contributed by atoms with E-state index in [-0.39, 0.29) is 11.3 Å². The second kappa shape index (κ2) is 8.56. The van der Waals surface area contributed by atoms with Gasteiger partial charge in [0.1, 0.15) is 29.1 Å². The molecule has 0 aliphatic carbocycles. The Balaban J connectivity index is 1.70. The largest absolute Gasteiger partial charge is 0.507 e. The predicted molar refractivity (Wildman–Crippen MR) is 130 cm³/mol. The topological polar surface area (TPSA) is 80.0 Å². The van der Waals surface area contributed by atoms with Gasteiger partial charge in [-0.3, -0.25) is 14.5 Å². The van der Waals surface area contributed by atoms with Gasteiger partial charge in [-0.25, -0.2) is 0 Å². The molecule has 170 valence electrons. The number of anilines is 1. The summed E-state index contributed by atoms with van der Waals surface area (Å²) in [6, 6.07) is 22.7. The van der Waals surface area contributed by atoms with Crippen molar-refractivity contribution < 1.29 is 23.8 Å². The molecule has 0 spiro atoms. The molecule has 1 unspecified atom stereocenters. The fraction of sp³-hybridized carbons (Fsp3) is 0.143. The van der Waals surface area contributed by atoms with Crippen molar-refractivity contribution in [1.29, 1.82) is 0 Å². The van der Waals surface area contributed by atoms with Crippen molar-refractivity contribution in [1.82, 2.24) is 0 Å². The minimum absolute atomic E-state index is 0.0172. The van der Waals surface area contributed by atoms with Gasteiger partial charge in [-0.05, 0) is 55.0 Å². The molecule has 0 saturated carbocycles. The van der Waals surface area contributed by atoms with E-state index < -0.39 is 17.7 Å². The average Bonchev–Trinajstić information content (AvgIpc) is 3.39. The summed E-state index contributed by atoms with van der Waals surface area (Å²) in [6.07, 6.45) is 0. The first kappa shape index (κ1) is 21.5. The number of amides is 1. The quantitative estimate of drug-likeness (QED) is 0.236. The van der Waals surface area contributed by atoms with Gasteiger partial charge < -0.3 is 14.3 Å². The third kappa shape index (κ3) is 3.63. The molecule has 0 radical (unpaired) electrons. The number of ether oxygens (including phenoxy) is 1. The maximum Gasteiger partial charge on any atom is 0.300 e. The number of carbonyl (C=O) groups is 2. The first-order chi connectivity index (χ1) is 16.5. The highest BCUT2D eigenvalue weighted by molar-refractivity contribution is 6.51. The lowest BCUT2D eigenvalue weighted by Crippen LogP contribution is -2.29. The lowest BCUT2D eigenvalue weighted by atomic mass is 9.97. The smallest absolute Gasteiger partial charge is 0.300 e. The van der Waals surface area contributed by atoms with Crippen LogP contribution in [0.5, 0.6) is 5.75 Å². The van der Waals surface area contributed by atoms with Crippen molar-refractivity contribution in [2.24, 2.45) is 0 Å². The molecule has 1 N–H and O–H groups in total. The number of rotatable bonds is 5. The van der Waals surface area contributed by atoms with E-state index in [1.54, 1.807) is 55.5 Å². The predicted octanol–water partition coefficient (Wildman–Crippen LogP) is 5.77. The summed E-state index contributed by atoms with van der Waals surface area (Å²) in [7, 11) is 0. The molecule has 1 aliphatic heterocycles. The number of aryl methyl sites for hydroxylation is 1. The Morgan fingerprint density at radius 3 is 2.50 bits per heavy atom. The van der Waals surface area contributed by atoms with Crippen LogP contribution < -0.4 is 9.64 Å². The third-order valence-corrected chi connectivity index (χ3v) is 5.90. The molecule has 1 fully saturated rings. The van der Waals surface area contributed by atoms with Gasteiger partial charge in [0.05, 0.1) is 12.2 Å². The summed E-state index contributed by atoms with van der Waals surface area (Å²) in [5.41, 5.74) is 0.911. The van der Waals surface area contributed by atoms with Crippen LogP contribution in [0, 0.1) is 6.92 Å². The molecule has 1 saturated heterocycles. The van der Waals surface area contributed by atoms with E-state index in [0.29, 0.717) is 35.1 Å².